The summed E-state index contributed by atoms with van der Waals surface area (Å²) < 4.78 is 44.6. The third kappa shape index (κ3) is 3.12. The molecule has 21 heavy (non-hydrogen) atoms. The molecule has 1 aliphatic rings. The molecule has 0 aromatic heterocycles. The highest BCUT2D eigenvalue weighted by atomic mass is 19.4. The molecular weight excluding hydrogens is 281 g/mol. The molecule has 0 spiro atoms. The van der Waals surface area contributed by atoms with Crippen LogP contribution in [0, 0.1) is 5.92 Å². The Morgan fingerprint density at radius 3 is 2.33 bits per heavy atom. The van der Waals surface area contributed by atoms with E-state index < -0.39 is 23.1 Å². The minimum absolute atomic E-state index is 0.290. The Balaban J connectivity index is 2.40. The Labute approximate surface area is 122 Å². The van der Waals surface area contributed by atoms with Gasteiger partial charge in [0.1, 0.15) is 5.60 Å². The van der Waals surface area contributed by atoms with E-state index in [1.54, 1.807) is 0 Å². The molecule has 1 aliphatic carbocycles. The summed E-state index contributed by atoms with van der Waals surface area (Å²) in [6.45, 7) is 2.08. The van der Waals surface area contributed by atoms with Gasteiger partial charge in [0.2, 0.25) is 0 Å². The molecule has 0 bridgehead atoms. The van der Waals surface area contributed by atoms with E-state index in [1.165, 1.54) is 25.3 Å². The van der Waals surface area contributed by atoms with Crippen molar-refractivity contribution in [3.63, 3.8) is 0 Å². The second-order valence-corrected chi connectivity index (χ2v) is 5.75. The fourth-order valence-electron chi connectivity index (χ4n) is 2.93. The van der Waals surface area contributed by atoms with Gasteiger partial charge >= 0.3 is 6.18 Å². The lowest BCUT2D eigenvalue weighted by Crippen LogP contribution is -2.44. The fraction of sp³-hybridized carbons (Fsp3) is 0.562. The molecule has 116 valence electrons. The van der Waals surface area contributed by atoms with Gasteiger partial charge in [-0.15, -0.1) is 0 Å². The first-order chi connectivity index (χ1) is 9.80. The third-order valence-corrected chi connectivity index (χ3v) is 4.36. The highest BCUT2D eigenvalue weighted by molar-refractivity contribution is 6.03. The lowest BCUT2D eigenvalue weighted by molar-refractivity contribution is -0.138. The molecule has 0 saturated heterocycles. The average molecular weight is 300 g/mol. The summed E-state index contributed by atoms with van der Waals surface area (Å²) in [4.78, 5) is 12.7. The van der Waals surface area contributed by atoms with E-state index in [0.29, 0.717) is 18.8 Å². The molecule has 1 fully saturated rings. The highest BCUT2D eigenvalue weighted by Crippen LogP contribution is 2.39. The van der Waals surface area contributed by atoms with Crippen molar-refractivity contribution in [2.75, 3.05) is 7.11 Å². The lowest BCUT2D eigenvalue weighted by Gasteiger charge is -2.37. The number of methoxy groups -OCH3 is 1. The first-order valence-corrected chi connectivity index (χ1v) is 7.06. The van der Waals surface area contributed by atoms with Crippen LogP contribution in [0.15, 0.2) is 24.3 Å². The quantitative estimate of drug-likeness (QED) is 0.769. The number of carbonyl (C=O) groups excluding carboxylic acids is 1. The van der Waals surface area contributed by atoms with Gasteiger partial charge in [-0.25, -0.2) is 0 Å². The predicted molar refractivity (Wildman–Crippen MR) is 73.1 cm³/mol. The smallest absolute Gasteiger partial charge is 0.370 e. The molecule has 0 aliphatic heterocycles. The van der Waals surface area contributed by atoms with E-state index in [4.69, 9.17) is 4.74 Å². The molecule has 1 aromatic carbocycles. The normalized spacial score (nSPS) is 26.6. The lowest BCUT2D eigenvalue weighted by atomic mass is 9.75. The molecule has 0 N–H and O–H groups in total. The molecule has 0 heterocycles. The molecular formula is C16H19F3O2. The van der Waals surface area contributed by atoms with Gasteiger partial charge in [0.25, 0.3) is 0 Å². The van der Waals surface area contributed by atoms with Gasteiger partial charge in [0, 0.05) is 12.7 Å². The number of carbonyl (C=O) groups is 1. The standard InChI is InChI=1S/C16H19F3O2/c1-11-7-9-15(21-2,10-8-11)14(20)12-5-3-4-6-13(12)16(17,18)19/h3-6,11H,7-10H2,1-2H3. The van der Waals surface area contributed by atoms with Crippen molar-refractivity contribution in [2.24, 2.45) is 5.92 Å². The fourth-order valence-corrected chi connectivity index (χ4v) is 2.93. The Hall–Kier alpha value is -1.36. The minimum atomic E-state index is -4.54. The number of ketones is 1. The number of rotatable bonds is 3. The number of benzene rings is 1. The average Bonchev–Trinajstić information content (AvgIpc) is 2.47. The largest absolute Gasteiger partial charge is 0.417 e. The van der Waals surface area contributed by atoms with Crippen LogP contribution in [0.3, 0.4) is 0 Å². The summed E-state index contributed by atoms with van der Waals surface area (Å²) in [5, 5.41) is 0. The van der Waals surface area contributed by atoms with Crippen LogP contribution >= 0.6 is 0 Å². The van der Waals surface area contributed by atoms with Crippen molar-refractivity contribution in [3.8, 4) is 0 Å². The number of Topliss-reactive ketones (excluding diaryl/α,β-unsaturated/α-hetero) is 1. The summed E-state index contributed by atoms with van der Waals surface area (Å²) in [7, 11) is 1.41. The summed E-state index contributed by atoms with van der Waals surface area (Å²) >= 11 is 0. The summed E-state index contributed by atoms with van der Waals surface area (Å²) in [5.74, 6) is -0.0799. The molecule has 0 unspecified atom stereocenters. The van der Waals surface area contributed by atoms with E-state index in [0.717, 1.165) is 18.9 Å². The number of hydrogen-bond acceptors (Lipinski definition) is 2. The van der Waals surface area contributed by atoms with Crippen molar-refractivity contribution in [1.29, 1.82) is 0 Å². The van der Waals surface area contributed by atoms with Gasteiger partial charge in [-0.1, -0.05) is 25.1 Å². The zero-order chi connectivity index (χ0) is 15.7. The van der Waals surface area contributed by atoms with Crippen LogP contribution in [0.1, 0.15) is 48.5 Å². The summed E-state index contributed by atoms with van der Waals surface area (Å²) in [6, 6.07) is 4.94. The van der Waals surface area contributed by atoms with E-state index in [2.05, 4.69) is 6.92 Å². The van der Waals surface area contributed by atoms with Crippen molar-refractivity contribution in [2.45, 2.75) is 44.4 Å². The van der Waals surface area contributed by atoms with Crippen LogP contribution in [0.5, 0.6) is 0 Å². The zero-order valence-electron chi connectivity index (χ0n) is 12.2. The maximum Gasteiger partial charge on any atom is 0.417 e. The highest BCUT2D eigenvalue weighted by Gasteiger charge is 2.45. The summed E-state index contributed by atoms with van der Waals surface area (Å²) in [5.41, 5.74) is -2.29. The van der Waals surface area contributed by atoms with Crippen LogP contribution in [0.2, 0.25) is 0 Å². The number of ether oxygens (including phenoxy) is 1. The predicted octanol–water partition coefficient (Wildman–Crippen LogP) is 4.48. The second-order valence-electron chi connectivity index (χ2n) is 5.75. The number of hydrogen-bond donors (Lipinski definition) is 0. The summed E-state index contributed by atoms with van der Waals surface area (Å²) in [6.07, 6.45) is -2.03. The Morgan fingerprint density at radius 1 is 1.24 bits per heavy atom. The molecule has 2 nitrogen and oxygen atoms in total. The minimum Gasteiger partial charge on any atom is -0.370 e. The maximum atomic E-state index is 13.1. The second kappa shape index (κ2) is 5.79. The van der Waals surface area contributed by atoms with E-state index in [-0.39, 0.29) is 5.56 Å². The molecule has 0 amide bonds. The molecule has 0 radical (unpaired) electrons. The van der Waals surface area contributed by atoms with E-state index >= 15 is 0 Å². The van der Waals surface area contributed by atoms with Crippen LogP contribution in [-0.2, 0) is 10.9 Å². The van der Waals surface area contributed by atoms with E-state index in [1.807, 2.05) is 0 Å². The molecule has 0 atom stereocenters. The molecule has 5 heteroatoms. The molecule has 1 saturated carbocycles. The topological polar surface area (TPSA) is 26.3 Å². The van der Waals surface area contributed by atoms with Crippen molar-refractivity contribution < 1.29 is 22.7 Å². The SMILES string of the molecule is COC1(C(=O)c2ccccc2C(F)(F)F)CCC(C)CC1. The van der Waals surface area contributed by atoms with Gasteiger partial charge in [-0.3, -0.25) is 4.79 Å². The van der Waals surface area contributed by atoms with Crippen molar-refractivity contribution in [1.82, 2.24) is 0 Å². The van der Waals surface area contributed by atoms with Crippen LogP contribution in [0.4, 0.5) is 13.2 Å². The monoisotopic (exact) mass is 300 g/mol. The van der Waals surface area contributed by atoms with Crippen LogP contribution in [-0.4, -0.2) is 18.5 Å². The molecule has 2 rings (SSSR count). The van der Waals surface area contributed by atoms with Crippen molar-refractivity contribution in [3.05, 3.63) is 35.4 Å². The van der Waals surface area contributed by atoms with Crippen molar-refractivity contribution >= 4 is 5.78 Å². The van der Waals surface area contributed by atoms with Crippen LogP contribution in [0.25, 0.3) is 0 Å². The van der Waals surface area contributed by atoms with Gasteiger partial charge in [0.15, 0.2) is 5.78 Å². The van der Waals surface area contributed by atoms with Crippen LogP contribution < -0.4 is 0 Å². The Bertz CT molecular complexity index is 514. The first-order valence-electron chi connectivity index (χ1n) is 7.06. The Morgan fingerprint density at radius 2 is 1.81 bits per heavy atom. The number of alkyl halides is 3. The first kappa shape index (κ1) is 16.0. The zero-order valence-corrected chi connectivity index (χ0v) is 12.2. The third-order valence-electron chi connectivity index (χ3n) is 4.36. The van der Waals surface area contributed by atoms with E-state index in [9.17, 15) is 18.0 Å². The Kier molecular flexibility index (Phi) is 4.42. The maximum absolute atomic E-state index is 13.1. The molecule has 1 aromatic rings. The van der Waals surface area contributed by atoms with Gasteiger partial charge in [-0.2, -0.15) is 13.2 Å². The van der Waals surface area contributed by atoms with Gasteiger partial charge in [-0.05, 0) is 37.7 Å². The number of halogens is 3. The van der Waals surface area contributed by atoms with Gasteiger partial charge in [0.05, 0.1) is 5.56 Å². The van der Waals surface area contributed by atoms with Gasteiger partial charge < -0.3 is 4.74 Å².